The van der Waals surface area contributed by atoms with Gasteiger partial charge >= 0.3 is 19.2 Å². The highest BCUT2D eigenvalue weighted by Gasteiger charge is 2.67. The van der Waals surface area contributed by atoms with Crippen LogP contribution < -0.4 is 4.74 Å². The van der Waals surface area contributed by atoms with Crippen LogP contribution in [0.5, 0.6) is 5.75 Å². The highest BCUT2D eigenvalue weighted by atomic mass is 16.7. The van der Waals surface area contributed by atoms with Crippen LogP contribution in [0.15, 0.2) is 12.1 Å². The number of carbonyl (C=O) groups excluding carboxylic acids is 2. The fraction of sp³-hybridized carbons (Fsp3) is 0.724. The van der Waals surface area contributed by atoms with Crippen molar-refractivity contribution in [3.8, 4) is 5.75 Å². The number of aryl methyl sites for hydroxylation is 1. The van der Waals surface area contributed by atoms with Crippen LogP contribution in [0.1, 0.15) is 96.6 Å². The predicted molar refractivity (Wildman–Crippen MR) is 142 cm³/mol. The van der Waals surface area contributed by atoms with E-state index in [1.54, 1.807) is 47.6 Å². The average Bonchev–Trinajstić information content (AvgIpc) is 3.06. The summed E-state index contributed by atoms with van der Waals surface area (Å²) >= 11 is 0. The molecule has 1 saturated heterocycles. The first-order valence-corrected chi connectivity index (χ1v) is 13.5. The Kier molecular flexibility index (Phi) is 7.03. The van der Waals surface area contributed by atoms with Crippen LogP contribution in [0, 0.1) is 24.2 Å². The molecule has 3 aliphatic carbocycles. The molecule has 0 amide bonds. The van der Waals surface area contributed by atoms with Gasteiger partial charge in [-0.3, -0.25) is 0 Å². The molecular weight excluding hydrogens is 471 g/mol. The topological polar surface area (TPSA) is 80.3 Å². The van der Waals surface area contributed by atoms with E-state index in [1.807, 2.05) is 13.0 Å². The Hall–Kier alpha value is -2.06. The third kappa shape index (κ3) is 5.56. The second kappa shape index (κ2) is 9.30. The molecule has 1 aromatic rings. The minimum atomic E-state index is -0.866. The molecular formula is C29H43BO7. The number of carbonyl (C=O) groups is 2. The molecule has 0 radical (unpaired) electrons. The Balaban J connectivity index is 1.51. The lowest BCUT2D eigenvalue weighted by molar-refractivity contribution is -0.199. The lowest BCUT2D eigenvalue weighted by atomic mass is 9.43. The number of hydrogen-bond donors (Lipinski definition) is 0. The summed E-state index contributed by atoms with van der Waals surface area (Å²) in [5.41, 5.74) is 0.526. The Morgan fingerprint density at radius 3 is 2.27 bits per heavy atom. The summed E-state index contributed by atoms with van der Waals surface area (Å²) in [4.78, 5) is 25.6. The molecule has 1 heterocycles. The van der Waals surface area contributed by atoms with Crippen molar-refractivity contribution in [1.82, 2.24) is 0 Å². The van der Waals surface area contributed by atoms with Crippen molar-refractivity contribution in [2.24, 2.45) is 17.3 Å². The number of hydrogen-bond acceptors (Lipinski definition) is 7. The van der Waals surface area contributed by atoms with Gasteiger partial charge in [0.2, 0.25) is 0 Å². The largest absolute Gasteiger partial charge is 0.514 e. The van der Waals surface area contributed by atoms with E-state index in [2.05, 4.69) is 20.8 Å². The van der Waals surface area contributed by atoms with Crippen LogP contribution >= 0.6 is 0 Å². The maximum atomic E-state index is 13.2. The average molecular weight is 514 g/mol. The monoisotopic (exact) mass is 514 g/mol. The summed E-state index contributed by atoms with van der Waals surface area (Å²) in [6.45, 7) is 19.5. The summed E-state index contributed by atoms with van der Waals surface area (Å²) in [6, 6.07) is 3.52. The first-order chi connectivity index (χ1) is 16.9. The maximum Gasteiger partial charge on any atom is 0.514 e. The highest BCUT2D eigenvalue weighted by molar-refractivity contribution is 6.45. The molecule has 4 aliphatic rings. The minimum absolute atomic E-state index is 0.124. The van der Waals surface area contributed by atoms with Gasteiger partial charge in [0.1, 0.15) is 22.5 Å². The quantitative estimate of drug-likeness (QED) is 0.251. The summed E-state index contributed by atoms with van der Waals surface area (Å²) in [6.07, 6.45) is 2.86. The molecule has 4 fully saturated rings. The summed E-state index contributed by atoms with van der Waals surface area (Å²) in [7, 11) is -0.285. The van der Waals surface area contributed by atoms with Crippen LogP contribution in [0.4, 0.5) is 4.79 Å². The van der Waals surface area contributed by atoms with Crippen molar-refractivity contribution in [3.05, 3.63) is 28.8 Å². The Labute approximate surface area is 222 Å². The Morgan fingerprint density at radius 2 is 1.68 bits per heavy atom. The van der Waals surface area contributed by atoms with Crippen molar-refractivity contribution in [2.75, 3.05) is 0 Å². The van der Waals surface area contributed by atoms with E-state index >= 15 is 0 Å². The minimum Gasteiger partial charge on any atom is -0.456 e. The standard InChI is InChI=1S/C29H43BO7/c1-17-18(13-14-30-36-22-16-19-15-21(28(19,8)9)29(22,10)37-30)11-12-20(33-25(32)35-27(5,6)7)23(17)24(31)34-26(2,3)4/h11-12,19,21-22H,13-16H2,1-10H3/t19-,21-,22+,29-/m0/s1. The molecule has 8 heteroatoms. The van der Waals surface area contributed by atoms with Gasteiger partial charge in [-0.2, -0.15) is 0 Å². The fourth-order valence-electron chi connectivity index (χ4n) is 6.38. The van der Waals surface area contributed by atoms with Gasteiger partial charge in [0, 0.05) is 0 Å². The first kappa shape index (κ1) is 28.0. The van der Waals surface area contributed by atoms with Crippen molar-refractivity contribution < 1.29 is 33.1 Å². The lowest BCUT2D eigenvalue weighted by Crippen LogP contribution is -2.65. The summed E-state index contributed by atoms with van der Waals surface area (Å²) in [5.74, 6) is 0.797. The van der Waals surface area contributed by atoms with Gasteiger partial charge in [0.05, 0.1) is 11.7 Å². The maximum absolute atomic E-state index is 13.2. The zero-order valence-electron chi connectivity index (χ0n) is 24.2. The van der Waals surface area contributed by atoms with Gasteiger partial charge in [-0.1, -0.05) is 19.9 Å². The van der Waals surface area contributed by atoms with Gasteiger partial charge in [0.15, 0.2) is 0 Å². The second-order valence-corrected chi connectivity index (χ2v) is 13.7. The van der Waals surface area contributed by atoms with Crippen molar-refractivity contribution in [3.63, 3.8) is 0 Å². The number of esters is 1. The summed E-state index contributed by atoms with van der Waals surface area (Å²) in [5, 5.41) is 0. The van der Waals surface area contributed by atoms with Crippen LogP contribution in [-0.4, -0.2) is 42.2 Å². The molecule has 4 atom stereocenters. The third-order valence-electron chi connectivity index (χ3n) is 8.38. The molecule has 0 spiro atoms. The van der Waals surface area contributed by atoms with Crippen molar-refractivity contribution in [1.29, 1.82) is 0 Å². The van der Waals surface area contributed by atoms with E-state index in [4.69, 9.17) is 23.5 Å². The van der Waals surface area contributed by atoms with Gasteiger partial charge in [-0.15, -0.1) is 0 Å². The van der Waals surface area contributed by atoms with E-state index in [9.17, 15) is 9.59 Å². The van der Waals surface area contributed by atoms with Crippen molar-refractivity contribution in [2.45, 2.75) is 118 Å². The molecule has 1 aromatic carbocycles. The fourth-order valence-corrected chi connectivity index (χ4v) is 6.38. The number of rotatable bonds is 5. The third-order valence-corrected chi connectivity index (χ3v) is 8.38. The molecule has 2 bridgehead atoms. The molecule has 204 valence electrons. The highest BCUT2D eigenvalue weighted by Crippen LogP contribution is 2.65. The van der Waals surface area contributed by atoms with Crippen LogP contribution in [-0.2, 0) is 25.2 Å². The van der Waals surface area contributed by atoms with Gasteiger partial charge in [-0.25, -0.2) is 9.59 Å². The second-order valence-electron chi connectivity index (χ2n) is 13.7. The lowest BCUT2D eigenvalue weighted by Gasteiger charge is -2.64. The van der Waals surface area contributed by atoms with E-state index in [1.165, 1.54) is 6.42 Å². The normalized spacial score (nSPS) is 28.3. The van der Waals surface area contributed by atoms with Crippen LogP contribution in [0.3, 0.4) is 0 Å². The smallest absolute Gasteiger partial charge is 0.456 e. The van der Waals surface area contributed by atoms with Gasteiger partial charge in [-0.05, 0) is 115 Å². The van der Waals surface area contributed by atoms with Crippen molar-refractivity contribution >= 4 is 19.2 Å². The predicted octanol–water partition coefficient (Wildman–Crippen LogP) is 6.54. The van der Waals surface area contributed by atoms with E-state index in [0.717, 1.165) is 12.0 Å². The molecule has 0 unspecified atom stereocenters. The zero-order chi connectivity index (χ0) is 27.6. The van der Waals surface area contributed by atoms with Crippen LogP contribution in [0.2, 0.25) is 6.32 Å². The summed E-state index contributed by atoms with van der Waals surface area (Å²) < 4.78 is 29.4. The Bertz CT molecular complexity index is 1070. The first-order valence-electron chi connectivity index (χ1n) is 13.5. The van der Waals surface area contributed by atoms with Gasteiger partial charge in [0.25, 0.3) is 0 Å². The molecule has 37 heavy (non-hydrogen) atoms. The van der Waals surface area contributed by atoms with E-state index in [0.29, 0.717) is 35.6 Å². The number of benzene rings is 1. The molecule has 5 rings (SSSR count). The Morgan fingerprint density at radius 1 is 1.03 bits per heavy atom. The van der Waals surface area contributed by atoms with E-state index in [-0.39, 0.29) is 30.1 Å². The van der Waals surface area contributed by atoms with Gasteiger partial charge < -0.3 is 23.5 Å². The zero-order valence-corrected chi connectivity index (χ0v) is 24.2. The number of ether oxygens (including phenoxy) is 3. The molecule has 0 N–H and O–H groups in total. The molecule has 3 saturated carbocycles. The SMILES string of the molecule is Cc1c(CCB2O[C@@H]3C[C@@H]4C[C@@H](C4(C)C)[C@]3(C)O2)ccc(OC(=O)OC(C)(C)C)c1C(=O)OC(C)(C)C. The van der Waals surface area contributed by atoms with Crippen LogP contribution in [0.25, 0.3) is 0 Å². The van der Waals surface area contributed by atoms with E-state index < -0.39 is 23.3 Å². The molecule has 1 aliphatic heterocycles. The molecule has 0 aromatic heterocycles. The molecule has 7 nitrogen and oxygen atoms in total.